The van der Waals surface area contributed by atoms with E-state index in [9.17, 15) is 27.5 Å². The molecule has 1 heterocycles. The van der Waals surface area contributed by atoms with Gasteiger partial charge in [-0.15, -0.1) is 0 Å². The quantitative estimate of drug-likeness (QED) is 0.498. The zero-order chi connectivity index (χ0) is 14.9. The van der Waals surface area contributed by atoms with Gasteiger partial charge in [0.2, 0.25) is 6.20 Å². The van der Waals surface area contributed by atoms with Crippen LogP contribution in [0.2, 0.25) is 0 Å². The van der Waals surface area contributed by atoms with E-state index in [0.717, 1.165) is 10.9 Å². The van der Waals surface area contributed by atoms with Crippen LogP contribution in [0.5, 0.6) is 5.95 Å². The third-order valence-electron chi connectivity index (χ3n) is 2.17. The van der Waals surface area contributed by atoms with E-state index in [1.165, 1.54) is 0 Å². The topological polar surface area (TPSA) is 82.1 Å². The Balaban J connectivity index is 2.20. The molecule has 0 saturated heterocycles. The molecule has 0 radical (unpaired) electrons. The Morgan fingerprint density at radius 3 is 2.40 bits per heavy atom. The van der Waals surface area contributed by atoms with Gasteiger partial charge in [0, 0.05) is 6.07 Å². The highest BCUT2D eigenvalue weighted by molar-refractivity contribution is 5.89. The van der Waals surface area contributed by atoms with E-state index in [2.05, 4.69) is 9.79 Å². The molecule has 1 aromatic heterocycles. The minimum absolute atomic E-state index is 0.0103. The number of benzene rings is 1. The molecule has 0 aliphatic rings. The van der Waals surface area contributed by atoms with E-state index >= 15 is 0 Å². The summed E-state index contributed by atoms with van der Waals surface area (Å²) in [6.45, 7) is -0.636. The minimum atomic E-state index is -1.74. The molecule has 6 nitrogen and oxygen atoms in total. The average molecular weight is 291 g/mol. The number of halogens is 4. The van der Waals surface area contributed by atoms with Crippen LogP contribution in [0.25, 0.3) is 0 Å². The molecular weight excluding hydrogens is 286 g/mol. The SMILES string of the molecule is O=C(C[n+]1cc([O-])on1)Nc1c(F)c(F)cc(F)c1F. The third kappa shape index (κ3) is 2.68. The zero-order valence-corrected chi connectivity index (χ0v) is 9.49. The first-order valence-corrected chi connectivity index (χ1v) is 5.04. The molecule has 2 aromatic rings. The van der Waals surface area contributed by atoms with Crippen molar-refractivity contribution in [1.82, 2.24) is 5.27 Å². The summed E-state index contributed by atoms with van der Waals surface area (Å²) >= 11 is 0. The van der Waals surface area contributed by atoms with Gasteiger partial charge in [0.25, 0.3) is 12.5 Å². The van der Waals surface area contributed by atoms with Crippen LogP contribution in [0, 0.1) is 23.3 Å². The first-order valence-electron chi connectivity index (χ1n) is 5.04. The van der Waals surface area contributed by atoms with Gasteiger partial charge >= 0.3 is 0 Å². The molecule has 10 heteroatoms. The molecule has 2 rings (SSSR count). The molecular formula is C10H5F4N3O3. The summed E-state index contributed by atoms with van der Waals surface area (Å²) in [4.78, 5) is 11.4. The van der Waals surface area contributed by atoms with Crippen LogP contribution in [0.4, 0.5) is 23.2 Å². The van der Waals surface area contributed by atoms with Crippen LogP contribution < -0.4 is 15.1 Å². The van der Waals surface area contributed by atoms with Gasteiger partial charge in [-0.1, -0.05) is 4.68 Å². The van der Waals surface area contributed by atoms with Gasteiger partial charge < -0.3 is 14.9 Å². The standard InChI is InChI=1S/C10H5F4N3O3/c11-4-1-5(12)9(14)10(8(4)13)15-6(18)2-17-3-7(19)20-16-17/h1,3H,2H2,(H-,15,16,18,19). The molecule has 0 spiro atoms. The maximum Gasteiger partial charge on any atom is 0.293 e. The fourth-order valence-corrected chi connectivity index (χ4v) is 1.34. The van der Waals surface area contributed by atoms with Gasteiger partial charge in [-0.25, -0.2) is 17.6 Å². The van der Waals surface area contributed by atoms with Crippen molar-refractivity contribution in [2.45, 2.75) is 6.54 Å². The predicted molar refractivity (Wildman–Crippen MR) is 51.0 cm³/mol. The van der Waals surface area contributed by atoms with Crippen molar-refractivity contribution in [3.8, 4) is 5.95 Å². The second-order valence-electron chi connectivity index (χ2n) is 3.61. The molecule has 1 aromatic carbocycles. The Kier molecular flexibility index (Phi) is 3.55. The zero-order valence-electron chi connectivity index (χ0n) is 9.49. The van der Waals surface area contributed by atoms with Crippen LogP contribution in [0.3, 0.4) is 0 Å². The lowest BCUT2D eigenvalue weighted by Crippen LogP contribution is -2.41. The predicted octanol–water partition coefficient (Wildman–Crippen LogP) is 0.231. The molecule has 20 heavy (non-hydrogen) atoms. The molecule has 0 bridgehead atoms. The smallest absolute Gasteiger partial charge is 0.293 e. The van der Waals surface area contributed by atoms with E-state index in [0.29, 0.717) is 0 Å². The summed E-state index contributed by atoms with van der Waals surface area (Å²) < 4.78 is 57.2. The van der Waals surface area contributed by atoms with Crippen LogP contribution in [0.15, 0.2) is 16.8 Å². The molecule has 1 N–H and O–H groups in total. The van der Waals surface area contributed by atoms with Crippen molar-refractivity contribution < 1.29 is 36.7 Å². The fraction of sp³-hybridized carbons (Fsp3) is 0.100. The summed E-state index contributed by atoms with van der Waals surface area (Å²) in [7, 11) is 0. The van der Waals surface area contributed by atoms with Crippen molar-refractivity contribution in [3.05, 3.63) is 35.5 Å². The summed E-state index contributed by atoms with van der Waals surface area (Å²) in [6, 6.07) is 0.0103. The Hall–Kier alpha value is -2.65. The fourth-order valence-electron chi connectivity index (χ4n) is 1.34. The largest absolute Gasteiger partial charge is 0.539 e. The van der Waals surface area contributed by atoms with E-state index in [1.807, 2.05) is 0 Å². The molecule has 0 saturated carbocycles. The highest BCUT2D eigenvalue weighted by Crippen LogP contribution is 2.23. The summed E-state index contributed by atoms with van der Waals surface area (Å²) in [5.41, 5.74) is -1.26. The third-order valence-corrected chi connectivity index (χ3v) is 2.17. The van der Waals surface area contributed by atoms with Crippen molar-refractivity contribution in [2.75, 3.05) is 5.32 Å². The van der Waals surface area contributed by atoms with Gasteiger partial charge in [-0.05, 0) is 0 Å². The van der Waals surface area contributed by atoms with E-state index < -0.39 is 47.4 Å². The number of amides is 1. The Labute approximate surface area is 108 Å². The molecule has 0 aliphatic carbocycles. The van der Waals surface area contributed by atoms with Gasteiger partial charge in [0.05, 0.1) is 5.27 Å². The van der Waals surface area contributed by atoms with Crippen LogP contribution in [-0.4, -0.2) is 11.2 Å². The van der Waals surface area contributed by atoms with Crippen LogP contribution >= 0.6 is 0 Å². The second-order valence-corrected chi connectivity index (χ2v) is 3.61. The first-order chi connectivity index (χ1) is 9.38. The van der Waals surface area contributed by atoms with E-state index in [1.54, 1.807) is 5.32 Å². The van der Waals surface area contributed by atoms with Crippen molar-refractivity contribution in [3.63, 3.8) is 0 Å². The summed E-state index contributed by atoms with van der Waals surface area (Å²) in [5, 5.41) is 15.4. The maximum absolute atomic E-state index is 13.3. The van der Waals surface area contributed by atoms with Crippen LogP contribution in [-0.2, 0) is 11.3 Å². The number of nitrogens with one attached hydrogen (secondary N) is 1. The lowest BCUT2D eigenvalue weighted by atomic mass is 10.2. The summed E-state index contributed by atoms with van der Waals surface area (Å²) in [5.74, 6) is -8.71. The Morgan fingerprint density at radius 2 is 1.90 bits per heavy atom. The minimum Gasteiger partial charge on any atom is -0.539 e. The lowest BCUT2D eigenvalue weighted by Gasteiger charge is -2.06. The molecule has 0 fully saturated rings. The number of carbonyl (C=O) groups excluding carboxylic acids is 1. The Morgan fingerprint density at radius 1 is 1.30 bits per heavy atom. The van der Waals surface area contributed by atoms with Crippen molar-refractivity contribution in [1.29, 1.82) is 0 Å². The normalized spacial score (nSPS) is 10.6. The molecule has 1 amide bonds. The van der Waals surface area contributed by atoms with Crippen molar-refractivity contribution in [2.24, 2.45) is 0 Å². The number of hydrogen-bond donors (Lipinski definition) is 1. The summed E-state index contributed by atoms with van der Waals surface area (Å²) in [6.07, 6.45) is 0.804. The van der Waals surface area contributed by atoms with Gasteiger partial charge in [-0.2, -0.15) is 0 Å². The first kappa shape index (κ1) is 13.8. The number of anilines is 1. The average Bonchev–Trinajstić information content (AvgIpc) is 2.77. The van der Waals surface area contributed by atoms with E-state index in [-0.39, 0.29) is 6.07 Å². The molecule has 0 unspecified atom stereocenters. The second kappa shape index (κ2) is 5.15. The van der Waals surface area contributed by atoms with Crippen molar-refractivity contribution >= 4 is 11.6 Å². The number of hydrogen-bond acceptors (Lipinski definition) is 4. The van der Waals surface area contributed by atoms with Gasteiger partial charge in [0.15, 0.2) is 23.3 Å². The number of carbonyl (C=O) groups is 1. The maximum atomic E-state index is 13.3. The monoisotopic (exact) mass is 291 g/mol. The highest BCUT2D eigenvalue weighted by atomic mass is 19.2. The lowest BCUT2D eigenvalue weighted by molar-refractivity contribution is -0.750. The number of aromatic nitrogens is 2. The molecule has 0 aliphatic heterocycles. The van der Waals surface area contributed by atoms with E-state index in [4.69, 9.17) is 0 Å². The van der Waals surface area contributed by atoms with Gasteiger partial charge in [-0.3, -0.25) is 4.79 Å². The Bertz CT molecular complexity index is 648. The van der Waals surface area contributed by atoms with Gasteiger partial charge in [0.1, 0.15) is 11.6 Å². The number of rotatable bonds is 3. The number of nitrogens with zero attached hydrogens (tertiary/aromatic N) is 2. The highest BCUT2D eigenvalue weighted by Gasteiger charge is 2.22. The molecule has 106 valence electrons. The molecule has 0 atom stereocenters. The van der Waals surface area contributed by atoms with Crippen LogP contribution in [0.1, 0.15) is 0 Å².